The predicted octanol–water partition coefficient (Wildman–Crippen LogP) is 0.162. The summed E-state index contributed by atoms with van der Waals surface area (Å²) in [5.74, 6) is 1.01. The molecule has 0 fully saturated rings. The summed E-state index contributed by atoms with van der Waals surface area (Å²) < 4.78 is 59.8. The van der Waals surface area contributed by atoms with Crippen molar-refractivity contribution in [3.05, 3.63) is 0 Å². The molecule has 0 aromatic rings. The first-order valence-electron chi connectivity index (χ1n) is 5.17. The van der Waals surface area contributed by atoms with Gasteiger partial charge in [0.25, 0.3) is 0 Å². The molecule has 12 heteroatoms. The molecule has 0 saturated carbocycles. The van der Waals surface area contributed by atoms with Crippen LogP contribution in [-0.2, 0) is 20.2 Å². The molecule has 2 N–H and O–H groups in total. The van der Waals surface area contributed by atoms with E-state index in [1.807, 2.05) is 0 Å². The Kier molecular flexibility index (Phi) is 10.1. The fraction of sp³-hybridized carbons (Fsp3) is 1.00. The van der Waals surface area contributed by atoms with E-state index in [0.717, 1.165) is 64.2 Å². The maximum absolute atomic E-state index is 10.6. The topological polar surface area (TPSA) is 109 Å². The minimum atomic E-state index is -3.90. The first-order valence-corrected chi connectivity index (χ1v) is 17.4. The molecule has 18 heavy (non-hydrogen) atoms. The van der Waals surface area contributed by atoms with E-state index in [0.29, 0.717) is 12.8 Å². The molecule has 0 aliphatic carbocycles. The van der Waals surface area contributed by atoms with Gasteiger partial charge in [-0.1, -0.05) is 0 Å². The second-order valence-electron chi connectivity index (χ2n) is 4.04. The van der Waals surface area contributed by atoms with Gasteiger partial charge in [0.15, 0.2) is 0 Å². The summed E-state index contributed by atoms with van der Waals surface area (Å²) in [6, 6.07) is 0. The van der Waals surface area contributed by atoms with Gasteiger partial charge in [-0.2, -0.15) is 0 Å². The molecule has 0 unspecified atom stereocenters. The molecule has 6 nitrogen and oxygen atoms in total. The summed E-state index contributed by atoms with van der Waals surface area (Å²) in [6.45, 7) is 1.80. The van der Waals surface area contributed by atoms with Crippen LogP contribution in [0.1, 0.15) is 12.8 Å². The van der Waals surface area contributed by atoms with Crippen molar-refractivity contribution in [3.8, 4) is 0 Å². The molecule has 0 atom stereocenters. The van der Waals surface area contributed by atoms with Gasteiger partial charge in [-0.15, -0.1) is 0 Å². The van der Waals surface area contributed by atoms with Crippen molar-refractivity contribution in [2.24, 2.45) is 0 Å². The van der Waals surface area contributed by atoms with Crippen molar-refractivity contribution in [3.63, 3.8) is 0 Å². The minimum absolute atomic E-state index is 0.232. The van der Waals surface area contributed by atoms with E-state index in [4.69, 9.17) is 9.11 Å². The van der Waals surface area contributed by atoms with Gasteiger partial charge in [-0.25, -0.2) is 0 Å². The Balaban J connectivity index is 4.18. The number of rotatable bonds is 9. The van der Waals surface area contributed by atoms with E-state index in [9.17, 15) is 16.8 Å². The van der Waals surface area contributed by atoms with Crippen LogP contribution in [0.2, 0.25) is 0 Å². The molecule has 0 aliphatic heterocycles. The maximum atomic E-state index is 10.6. The summed E-state index contributed by atoms with van der Waals surface area (Å²) in [5, 5.41) is -0.956. The van der Waals surface area contributed by atoms with E-state index in [1.165, 1.54) is 0 Å². The van der Waals surface area contributed by atoms with Crippen LogP contribution in [0, 0.1) is 0 Å². The fourth-order valence-electron chi connectivity index (χ4n) is 1.36. The van der Waals surface area contributed by atoms with Crippen LogP contribution in [0.5, 0.6) is 0 Å². The Morgan fingerprint density at radius 1 is 0.833 bits per heavy atom. The van der Waals surface area contributed by atoms with E-state index in [-0.39, 0.29) is 11.5 Å². The molecule has 100 valence electrons. The summed E-state index contributed by atoms with van der Waals surface area (Å²) in [4.78, 5) is 0. The van der Waals surface area contributed by atoms with Crippen LogP contribution < -0.4 is 0 Å². The van der Waals surface area contributed by atoms with Gasteiger partial charge >= 0.3 is 147 Å². The second kappa shape index (κ2) is 8.84. The van der Waals surface area contributed by atoms with E-state index < -0.39 is 25.4 Å². The van der Waals surface area contributed by atoms with Gasteiger partial charge in [0.1, 0.15) is 0 Å². The first kappa shape index (κ1) is 20.5. The van der Waals surface area contributed by atoms with Gasteiger partial charge in [0.2, 0.25) is 0 Å². The first-order chi connectivity index (χ1) is 7.97. The normalized spacial score (nSPS) is 14.8. The molecule has 0 aliphatic rings. The monoisotopic (exact) mass is 356 g/mol. The summed E-state index contributed by atoms with van der Waals surface area (Å²) in [5.41, 5.74) is 0. The Bertz CT molecular complexity index is 409. The van der Waals surface area contributed by atoms with Gasteiger partial charge in [-0.3, -0.25) is 0 Å². The van der Waals surface area contributed by atoms with Gasteiger partial charge in [0.05, 0.1) is 0 Å². The quantitative estimate of drug-likeness (QED) is 0.344. The van der Waals surface area contributed by atoms with Crippen LogP contribution in [0.4, 0.5) is 0 Å². The van der Waals surface area contributed by atoms with Crippen LogP contribution in [-0.4, -0.2) is 102 Å². The molecule has 0 spiro atoms. The van der Waals surface area contributed by atoms with Crippen molar-refractivity contribution in [1.29, 1.82) is 0 Å². The molecule has 0 rings (SSSR count). The molecular weight excluding hydrogens is 342 g/mol. The zero-order valence-corrected chi connectivity index (χ0v) is 17.7. The SMILES string of the molecule is O=S(=O)(O)CCC[S]([Na])(CCCS(=O)(=O)O)[S][Na]. The van der Waals surface area contributed by atoms with Crippen molar-refractivity contribution < 1.29 is 25.9 Å². The molecule has 0 radical (unpaired) electrons. The van der Waals surface area contributed by atoms with Crippen LogP contribution in [0.15, 0.2) is 0 Å². The van der Waals surface area contributed by atoms with Gasteiger partial charge < -0.3 is 0 Å². The van der Waals surface area contributed by atoms with Crippen molar-refractivity contribution in [2.45, 2.75) is 12.8 Å². The Morgan fingerprint density at radius 2 is 1.17 bits per heavy atom. The van der Waals surface area contributed by atoms with Crippen molar-refractivity contribution >= 4 is 85.0 Å². The van der Waals surface area contributed by atoms with E-state index in [2.05, 4.69) is 0 Å². The third kappa shape index (κ3) is 12.3. The summed E-state index contributed by atoms with van der Waals surface area (Å²) in [7, 11) is -7.81. The van der Waals surface area contributed by atoms with Crippen LogP contribution in [0.3, 0.4) is 0 Å². The number of hydrogen-bond acceptors (Lipinski definition) is 5. The Morgan fingerprint density at radius 3 is 1.39 bits per heavy atom. The third-order valence-electron chi connectivity index (χ3n) is 2.36. The second-order valence-corrected chi connectivity index (χ2v) is 23.6. The molecule has 0 heterocycles. The summed E-state index contributed by atoms with van der Waals surface area (Å²) in [6.07, 6.45) is 0.831. The number of hydrogen-bond donors (Lipinski definition) is 2. The van der Waals surface area contributed by atoms with Crippen LogP contribution >= 0.6 is 12.1 Å². The molecule has 0 amide bonds. The van der Waals surface area contributed by atoms with Crippen molar-refractivity contribution in [1.82, 2.24) is 0 Å². The third-order valence-corrected chi connectivity index (χ3v) is 29.2. The zero-order chi connectivity index (χ0) is 14.4. The molecule has 0 saturated heterocycles. The average Bonchev–Trinajstić information content (AvgIpc) is 2.13. The van der Waals surface area contributed by atoms with Gasteiger partial charge in [0, 0.05) is 0 Å². The average molecular weight is 356 g/mol. The van der Waals surface area contributed by atoms with Crippen LogP contribution in [0.25, 0.3) is 0 Å². The Labute approximate surface area is 144 Å². The predicted molar refractivity (Wildman–Crippen MR) is 78.5 cm³/mol. The summed E-state index contributed by atoms with van der Waals surface area (Å²) >= 11 is 1.82. The molecular formula is C6H14Na2O6S4. The van der Waals surface area contributed by atoms with Crippen molar-refractivity contribution in [2.75, 3.05) is 23.0 Å². The standard InChI is InChI=1S/C6H14O6S4.2Na/c7-15(8,9)5-1-3-14(13)4-2-6-16(10,11)12;;/h1-6H2,(H,7,8,9)(H,10,11,12);;/q;-1;+1. The fourth-order valence-corrected chi connectivity index (χ4v) is 11.2. The Hall–Kier alpha value is 2.52. The molecule has 0 aromatic heterocycles. The van der Waals surface area contributed by atoms with Gasteiger partial charge in [-0.05, 0) is 0 Å². The van der Waals surface area contributed by atoms with E-state index >= 15 is 0 Å². The molecule has 0 aromatic carbocycles. The zero-order valence-electron chi connectivity index (χ0n) is 10.4. The molecule has 0 bridgehead atoms. The van der Waals surface area contributed by atoms with E-state index in [1.54, 1.807) is 6.92 Å².